The van der Waals surface area contributed by atoms with E-state index in [9.17, 15) is 4.21 Å². The van der Waals surface area contributed by atoms with Crippen molar-refractivity contribution in [3.05, 3.63) is 33.3 Å². The van der Waals surface area contributed by atoms with E-state index in [1.807, 2.05) is 32.9 Å². The van der Waals surface area contributed by atoms with E-state index >= 15 is 0 Å². The highest BCUT2D eigenvalue weighted by Crippen LogP contribution is 2.22. The van der Waals surface area contributed by atoms with Gasteiger partial charge in [-0.05, 0) is 54.4 Å². The third kappa shape index (κ3) is 4.00. The van der Waals surface area contributed by atoms with Crippen LogP contribution < -0.4 is 0 Å². The van der Waals surface area contributed by atoms with Gasteiger partial charge in [0.2, 0.25) is 0 Å². The van der Waals surface area contributed by atoms with Crippen LogP contribution in [0.5, 0.6) is 0 Å². The summed E-state index contributed by atoms with van der Waals surface area (Å²) in [6.07, 6.45) is 1.58. The first-order chi connectivity index (χ1) is 7.30. The second kappa shape index (κ2) is 5.43. The number of hydrogen-bond donors (Lipinski definition) is 0. The van der Waals surface area contributed by atoms with Crippen molar-refractivity contribution in [2.75, 3.05) is 0 Å². The number of benzene rings is 1. The second-order valence-electron chi connectivity index (χ2n) is 4.27. The molecule has 1 aromatic rings. The minimum absolute atomic E-state index is 0.338. The van der Waals surface area contributed by atoms with E-state index in [1.165, 1.54) is 0 Å². The fraction of sp³-hybridized carbons (Fsp3) is 0.364. The monoisotopic (exact) mass is 321 g/mol. The smallest absolute Gasteiger partial charge is 0.144 e. The van der Waals surface area contributed by atoms with Crippen molar-refractivity contribution in [1.29, 1.82) is 0 Å². The van der Waals surface area contributed by atoms with E-state index < -0.39 is 11.0 Å². The lowest BCUT2D eigenvalue weighted by Crippen LogP contribution is -2.19. The van der Waals surface area contributed by atoms with Crippen molar-refractivity contribution < 1.29 is 4.21 Å². The zero-order valence-electron chi connectivity index (χ0n) is 9.33. The predicted octanol–water partition coefficient (Wildman–Crippen LogP) is 3.98. The Morgan fingerprint density at radius 2 is 2.06 bits per heavy atom. The Kier molecular flexibility index (Phi) is 4.71. The van der Waals surface area contributed by atoms with Crippen LogP contribution in [-0.4, -0.2) is 15.2 Å². The third-order valence-electron chi connectivity index (χ3n) is 1.77. The van der Waals surface area contributed by atoms with Gasteiger partial charge in [0.25, 0.3) is 0 Å². The van der Waals surface area contributed by atoms with Gasteiger partial charge in [0.1, 0.15) is 11.0 Å². The molecule has 0 spiro atoms. The first-order valence-electron chi connectivity index (χ1n) is 4.72. The molecule has 88 valence electrons. The first-order valence-corrected chi connectivity index (χ1v) is 6.99. The molecule has 0 amide bonds. The highest BCUT2D eigenvalue weighted by Gasteiger charge is 2.18. The average Bonchev–Trinajstić information content (AvgIpc) is 2.18. The van der Waals surface area contributed by atoms with Crippen LogP contribution in [0.15, 0.2) is 27.1 Å². The molecule has 0 radical (unpaired) electrons. The quantitative estimate of drug-likeness (QED) is 0.757. The maximum Gasteiger partial charge on any atom is 0.144 e. The largest absolute Gasteiger partial charge is 0.234 e. The molecule has 0 N–H and O–H groups in total. The lowest BCUT2D eigenvalue weighted by atomic mass is 10.2. The molecule has 0 bridgehead atoms. The lowest BCUT2D eigenvalue weighted by Gasteiger charge is -2.12. The van der Waals surface area contributed by atoms with E-state index in [-0.39, 0.29) is 4.75 Å². The van der Waals surface area contributed by atoms with Gasteiger partial charge in [-0.1, -0.05) is 17.7 Å². The highest BCUT2D eigenvalue weighted by atomic mass is 79.9. The molecule has 16 heavy (non-hydrogen) atoms. The normalized spacial score (nSPS) is 14.3. The van der Waals surface area contributed by atoms with Crippen LogP contribution in [0, 0.1) is 0 Å². The molecule has 0 aliphatic carbocycles. The van der Waals surface area contributed by atoms with Crippen molar-refractivity contribution in [3.63, 3.8) is 0 Å². The molecule has 1 atom stereocenters. The molecule has 0 aromatic heterocycles. The molecular weight excluding hydrogens is 310 g/mol. The van der Waals surface area contributed by atoms with E-state index in [1.54, 1.807) is 12.3 Å². The van der Waals surface area contributed by atoms with Gasteiger partial charge < -0.3 is 0 Å². The number of halogens is 2. The Balaban J connectivity index is 2.85. The molecule has 1 aromatic carbocycles. The Hall–Kier alpha value is -0.190. The van der Waals surface area contributed by atoms with E-state index in [4.69, 9.17) is 11.6 Å². The molecule has 0 unspecified atom stereocenters. The van der Waals surface area contributed by atoms with Crippen LogP contribution in [0.3, 0.4) is 0 Å². The zero-order valence-corrected chi connectivity index (χ0v) is 12.5. The van der Waals surface area contributed by atoms with Crippen LogP contribution in [0.2, 0.25) is 5.02 Å². The summed E-state index contributed by atoms with van der Waals surface area (Å²) in [6.45, 7) is 5.65. The summed E-state index contributed by atoms with van der Waals surface area (Å²) in [5.41, 5.74) is 0.839. The standard InChI is InChI=1S/C11H13BrClNOS/c1-11(2,3)16(15)14-7-8-4-5-9(12)10(13)6-8/h4-7H,1-3H3/t16-/m1/s1. The van der Waals surface area contributed by atoms with Gasteiger partial charge in [0.15, 0.2) is 0 Å². The van der Waals surface area contributed by atoms with Gasteiger partial charge in [-0.3, -0.25) is 0 Å². The Morgan fingerprint density at radius 3 is 2.56 bits per heavy atom. The summed E-state index contributed by atoms with van der Waals surface area (Å²) in [5, 5.41) is 0.616. The predicted molar refractivity (Wildman–Crippen MR) is 74.6 cm³/mol. The van der Waals surface area contributed by atoms with Crippen LogP contribution >= 0.6 is 27.5 Å². The fourth-order valence-electron chi connectivity index (χ4n) is 0.860. The van der Waals surface area contributed by atoms with Gasteiger partial charge in [0.05, 0.1) is 9.77 Å². The summed E-state index contributed by atoms with van der Waals surface area (Å²) in [4.78, 5) is 0. The van der Waals surface area contributed by atoms with Crippen molar-refractivity contribution in [2.45, 2.75) is 25.5 Å². The Labute approximate surface area is 112 Å². The van der Waals surface area contributed by atoms with E-state index in [0.29, 0.717) is 5.02 Å². The Bertz CT molecular complexity index is 440. The lowest BCUT2D eigenvalue weighted by molar-refractivity contribution is 0.651. The van der Waals surface area contributed by atoms with Gasteiger partial charge >= 0.3 is 0 Å². The Morgan fingerprint density at radius 1 is 1.44 bits per heavy atom. The maximum absolute atomic E-state index is 11.7. The fourth-order valence-corrected chi connectivity index (χ4v) is 1.83. The topological polar surface area (TPSA) is 29.4 Å². The maximum atomic E-state index is 11.7. The summed E-state index contributed by atoms with van der Waals surface area (Å²) in [7, 11) is -1.24. The molecule has 0 heterocycles. The molecule has 5 heteroatoms. The molecule has 0 aliphatic rings. The first kappa shape index (κ1) is 13.9. The van der Waals surface area contributed by atoms with E-state index in [2.05, 4.69) is 20.3 Å². The van der Waals surface area contributed by atoms with Crippen LogP contribution in [0.4, 0.5) is 0 Å². The van der Waals surface area contributed by atoms with Gasteiger partial charge in [-0.15, -0.1) is 0 Å². The van der Waals surface area contributed by atoms with Crippen molar-refractivity contribution >= 4 is 44.7 Å². The van der Waals surface area contributed by atoms with Crippen LogP contribution in [0.25, 0.3) is 0 Å². The van der Waals surface area contributed by atoms with Crippen LogP contribution in [0.1, 0.15) is 26.3 Å². The molecule has 0 fully saturated rings. The molecular formula is C11H13BrClNOS. The molecule has 0 saturated heterocycles. The number of rotatable bonds is 2. The average molecular weight is 323 g/mol. The second-order valence-corrected chi connectivity index (χ2v) is 7.46. The molecule has 1 rings (SSSR count). The van der Waals surface area contributed by atoms with Gasteiger partial charge in [0, 0.05) is 10.7 Å². The van der Waals surface area contributed by atoms with Gasteiger partial charge in [-0.25, -0.2) is 4.21 Å². The minimum atomic E-state index is -1.24. The molecule has 0 aliphatic heterocycles. The van der Waals surface area contributed by atoms with Crippen LogP contribution in [-0.2, 0) is 11.0 Å². The van der Waals surface area contributed by atoms with Crippen molar-refractivity contribution in [2.24, 2.45) is 4.40 Å². The summed E-state index contributed by atoms with van der Waals surface area (Å²) in [6, 6.07) is 5.47. The minimum Gasteiger partial charge on any atom is -0.234 e. The summed E-state index contributed by atoms with van der Waals surface area (Å²) >= 11 is 9.24. The number of hydrogen-bond acceptors (Lipinski definition) is 1. The number of nitrogens with zero attached hydrogens (tertiary/aromatic N) is 1. The molecule has 0 saturated carbocycles. The third-order valence-corrected chi connectivity index (χ3v) is 4.34. The van der Waals surface area contributed by atoms with Crippen molar-refractivity contribution in [1.82, 2.24) is 0 Å². The zero-order chi connectivity index (χ0) is 12.3. The van der Waals surface area contributed by atoms with Crippen molar-refractivity contribution in [3.8, 4) is 0 Å². The van der Waals surface area contributed by atoms with Gasteiger partial charge in [-0.2, -0.15) is 4.40 Å². The molecule has 2 nitrogen and oxygen atoms in total. The summed E-state index contributed by atoms with van der Waals surface area (Å²) < 4.78 is 16.2. The highest BCUT2D eigenvalue weighted by molar-refractivity contribution is 9.10. The van der Waals surface area contributed by atoms with E-state index in [0.717, 1.165) is 10.0 Å². The SMILES string of the molecule is CC(C)(C)[S@@](=O)N=Cc1ccc(Br)c(Cl)c1. The summed E-state index contributed by atoms with van der Waals surface area (Å²) in [5.74, 6) is 0.